The molecular weight excluding hydrogens is 350 g/mol. The van der Waals surface area contributed by atoms with Crippen LogP contribution in [0.5, 0.6) is 0 Å². The normalized spacial score (nSPS) is 11.8. The molecule has 4 aromatic carbocycles. The van der Waals surface area contributed by atoms with Crippen LogP contribution in [0.15, 0.2) is 91.0 Å². The van der Waals surface area contributed by atoms with E-state index in [9.17, 15) is 0 Å². The van der Waals surface area contributed by atoms with Crippen molar-refractivity contribution in [1.82, 2.24) is 4.40 Å². The number of nitrogens with zero attached hydrogens (tertiary/aromatic N) is 1. The van der Waals surface area contributed by atoms with Crippen molar-refractivity contribution in [3.8, 4) is 0 Å². The Hall–Kier alpha value is -3.58. The zero-order chi connectivity index (χ0) is 19.5. The SMILES string of the molecule is Cc1c(C)n2c3ccccc3c3cccc(c4ccccc4c4ccccc14)c32. The lowest BCUT2D eigenvalue weighted by molar-refractivity contribution is 1.13. The van der Waals surface area contributed by atoms with Gasteiger partial charge in [-0.2, -0.15) is 0 Å². The summed E-state index contributed by atoms with van der Waals surface area (Å²) in [6.45, 7) is 4.51. The van der Waals surface area contributed by atoms with Gasteiger partial charge in [-0.05, 0) is 47.0 Å². The molecule has 29 heavy (non-hydrogen) atoms. The van der Waals surface area contributed by atoms with E-state index in [1.807, 2.05) is 0 Å². The number of rotatable bonds is 0. The second kappa shape index (κ2) is 5.96. The average Bonchev–Trinajstić information content (AvgIpc) is 3.13. The van der Waals surface area contributed by atoms with Crippen molar-refractivity contribution in [1.29, 1.82) is 0 Å². The molecule has 0 aliphatic carbocycles. The molecule has 0 atom stereocenters. The van der Waals surface area contributed by atoms with Gasteiger partial charge in [-0.1, -0.05) is 84.9 Å². The highest BCUT2D eigenvalue weighted by Gasteiger charge is 2.14. The number of fused-ring (bicyclic) bond motifs is 7. The van der Waals surface area contributed by atoms with E-state index >= 15 is 0 Å². The third kappa shape index (κ3) is 2.16. The summed E-state index contributed by atoms with van der Waals surface area (Å²) in [4.78, 5) is 0. The first-order valence-corrected chi connectivity index (χ1v) is 10.1. The van der Waals surface area contributed by atoms with Crippen LogP contribution in [0.3, 0.4) is 0 Å². The van der Waals surface area contributed by atoms with Crippen molar-refractivity contribution in [3.63, 3.8) is 0 Å². The van der Waals surface area contributed by atoms with E-state index in [1.165, 1.54) is 60.0 Å². The Labute approximate surface area is 169 Å². The summed E-state index contributed by atoms with van der Waals surface area (Å²) in [7, 11) is 0. The monoisotopic (exact) mass is 371 g/mol. The fourth-order valence-electron chi connectivity index (χ4n) is 4.94. The molecule has 0 radical (unpaired) electrons. The summed E-state index contributed by atoms with van der Waals surface area (Å²) >= 11 is 0. The van der Waals surface area contributed by atoms with Crippen LogP contribution >= 0.6 is 0 Å². The first kappa shape index (κ1) is 16.4. The molecule has 0 saturated heterocycles. The second-order valence-corrected chi connectivity index (χ2v) is 7.86. The maximum atomic E-state index is 2.47. The van der Waals surface area contributed by atoms with E-state index < -0.39 is 0 Å². The Morgan fingerprint density at radius 2 is 0.897 bits per heavy atom. The van der Waals surface area contributed by atoms with Crippen molar-refractivity contribution in [2.75, 3.05) is 0 Å². The molecule has 6 aromatic rings. The number of aryl methyl sites for hydroxylation is 2. The molecule has 2 aromatic heterocycles. The van der Waals surface area contributed by atoms with E-state index in [2.05, 4.69) is 109 Å². The summed E-state index contributed by atoms with van der Waals surface area (Å²) < 4.78 is 2.47. The molecule has 2 heterocycles. The summed E-state index contributed by atoms with van der Waals surface area (Å²) in [5.74, 6) is 0. The van der Waals surface area contributed by atoms with Crippen molar-refractivity contribution in [2.24, 2.45) is 0 Å². The number of hydrogen-bond acceptors (Lipinski definition) is 0. The van der Waals surface area contributed by atoms with Crippen molar-refractivity contribution >= 4 is 48.7 Å². The minimum absolute atomic E-state index is 1.27. The Balaban J connectivity index is 2.14. The summed E-state index contributed by atoms with van der Waals surface area (Å²) in [5.41, 5.74) is 5.16. The Bertz CT molecular complexity index is 1620. The van der Waals surface area contributed by atoms with Gasteiger partial charge in [-0.3, -0.25) is 0 Å². The van der Waals surface area contributed by atoms with Crippen LogP contribution in [0.1, 0.15) is 11.3 Å². The maximum Gasteiger partial charge on any atom is 0.0616 e. The summed E-state index contributed by atoms with van der Waals surface area (Å²) in [5, 5.41) is 9.09. The van der Waals surface area contributed by atoms with Crippen LogP contribution in [-0.2, 0) is 0 Å². The van der Waals surface area contributed by atoms with E-state index in [1.54, 1.807) is 0 Å². The molecule has 1 nitrogen and oxygen atoms in total. The minimum atomic E-state index is 1.27. The first-order valence-electron chi connectivity index (χ1n) is 10.1. The van der Waals surface area contributed by atoms with Gasteiger partial charge >= 0.3 is 0 Å². The van der Waals surface area contributed by atoms with Gasteiger partial charge in [-0.25, -0.2) is 0 Å². The largest absolute Gasteiger partial charge is 0.312 e. The van der Waals surface area contributed by atoms with Crippen molar-refractivity contribution in [2.45, 2.75) is 13.8 Å². The van der Waals surface area contributed by atoms with Crippen LogP contribution < -0.4 is 0 Å². The lowest BCUT2D eigenvalue weighted by Crippen LogP contribution is -1.92. The van der Waals surface area contributed by atoms with Gasteiger partial charge in [0.15, 0.2) is 0 Å². The molecule has 0 bridgehead atoms. The zero-order valence-electron chi connectivity index (χ0n) is 16.6. The number of aromatic nitrogens is 1. The third-order valence-corrected chi connectivity index (χ3v) is 6.41. The summed E-state index contributed by atoms with van der Waals surface area (Å²) in [6, 6.07) is 33.1. The molecule has 0 spiro atoms. The van der Waals surface area contributed by atoms with E-state index in [0.29, 0.717) is 0 Å². The zero-order valence-corrected chi connectivity index (χ0v) is 16.6. The molecule has 0 unspecified atom stereocenters. The smallest absolute Gasteiger partial charge is 0.0616 e. The third-order valence-electron chi connectivity index (χ3n) is 6.41. The van der Waals surface area contributed by atoms with Crippen molar-refractivity contribution < 1.29 is 0 Å². The van der Waals surface area contributed by atoms with Crippen LogP contribution in [0.25, 0.3) is 48.7 Å². The van der Waals surface area contributed by atoms with Gasteiger partial charge in [-0.15, -0.1) is 0 Å². The van der Waals surface area contributed by atoms with Gasteiger partial charge in [0.25, 0.3) is 0 Å². The van der Waals surface area contributed by atoms with Gasteiger partial charge < -0.3 is 4.40 Å². The molecule has 1 heteroatoms. The van der Waals surface area contributed by atoms with E-state index in [4.69, 9.17) is 0 Å². The lowest BCUT2D eigenvalue weighted by atomic mass is 10.0. The number of para-hydroxylation sites is 2. The fourth-order valence-corrected chi connectivity index (χ4v) is 4.94. The first-order chi connectivity index (χ1) is 14.3. The predicted octanol–water partition coefficient (Wildman–Crippen LogP) is 7.73. The highest BCUT2D eigenvalue weighted by Crippen LogP contribution is 2.37. The molecule has 0 aliphatic heterocycles. The minimum Gasteiger partial charge on any atom is -0.312 e. The van der Waals surface area contributed by atoms with Crippen LogP contribution in [0.4, 0.5) is 0 Å². The molecule has 138 valence electrons. The van der Waals surface area contributed by atoms with Crippen LogP contribution in [0.2, 0.25) is 0 Å². The van der Waals surface area contributed by atoms with Crippen LogP contribution in [0, 0.1) is 13.8 Å². The van der Waals surface area contributed by atoms with E-state index in [0.717, 1.165) is 0 Å². The molecular formula is C28H21N. The quantitative estimate of drug-likeness (QED) is 0.257. The highest BCUT2D eigenvalue weighted by atomic mass is 14.9. The topological polar surface area (TPSA) is 4.41 Å². The number of benzene rings is 4. The second-order valence-electron chi connectivity index (χ2n) is 7.86. The van der Waals surface area contributed by atoms with E-state index in [-0.39, 0.29) is 0 Å². The maximum absolute atomic E-state index is 2.47. The Kier molecular flexibility index (Phi) is 3.36. The molecule has 0 amide bonds. The molecule has 6 rings (SSSR count). The van der Waals surface area contributed by atoms with Gasteiger partial charge in [0.05, 0.1) is 11.0 Å². The van der Waals surface area contributed by atoms with Crippen LogP contribution in [-0.4, -0.2) is 4.40 Å². The Morgan fingerprint density at radius 1 is 0.448 bits per heavy atom. The van der Waals surface area contributed by atoms with Crippen molar-refractivity contribution in [3.05, 3.63) is 102 Å². The molecule has 0 N–H and O–H groups in total. The average molecular weight is 371 g/mol. The molecule has 0 saturated carbocycles. The van der Waals surface area contributed by atoms with Gasteiger partial charge in [0.2, 0.25) is 0 Å². The summed E-state index contributed by atoms with van der Waals surface area (Å²) in [6.07, 6.45) is 0. The predicted molar refractivity (Wildman–Crippen MR) is 126 cm³/mol. The molecule has 0 aliphatic rings. The van der Waals surface area contributed by atoms with Gasteiger partial charge in [0, 0.05) is 21.9 Å². The highest BCUT2D eigenvalue weighted by molar-refractivity contribution is 6.21. The molecule has 0 fully saturated rings. The standard InChI is InChI=1S/C28H21N/c1-18-19(2)29-27-17-8-7-14-24(27)26-16-9-15-25(28(26)29)23-13-6-5-12-22(23)21-11-4-3-10-20(18)21/h3-17H,1-2H3. The van der Waals surface area contributed by atoms with Gasteiger partial charge in [0.1, 0.15) is 0 Å². The number of hydrogen-bond donors (Lipinski definition) is 0. The Morgan fingerprint density at radius 3 is 1.59 bits per heavy atom. The fraction of sp³-hybridized carbons (Fsp3) is 0.0714. The lowest BCUT2D eigenvalue weighted by Gasteiger charge is -2.06.